The number of carboxylic acid groups (broad SMARTS) is 1. The molecular weight excluding hydrogens is 209 g/mol. The van der Waals surface area contributed by atoms with E-state index in [1.165, 1.54) is 0 Å². The molecule has 0 aliphatic rings. The Morgan fingerprint density at radius 3 is 2.29 bits per heavy atom. The van der Waals surface area contributed by atoms with Crippen molar-refractivity contribution in [2.24, 2.45) is 0 Å². The quantitative estimate of drug-likeness (QED) is 0.399. The summed E-state index contributed by atoms with van der Waals surface area (Å²) in [4.78, 5) is 9.70. The van der Waals surface area contributed by atoms with Gasteiger partial charge in [0.05, 0.1) is 0 Å². The molecule has 3 nitrogen and oxygen atoms in total. The Kier molecular flexibility index (Phi) is 2.89. The number of carboxylic acids is 1. The fraction of sp³-hybridized carbons (Fsp3) is 0.333. The van der Waals surface area contributed by atoms with Crippen LogP contribution in [0.25, 0.3) is 0 Å². The van der Waals surface area contributed by atoms with E-state index in [2.05, 4.69) is 0 Å². The molecule has 0 amide bonds. The Morgan fingerprint density at radius 1 is 1.86 bits per heavy atom. The van der Waals surface area contributed by atoms with Crippen molar-refractivity contribution in [3.05, 3.63) is 0 Å². The molecule has 7 heavy (non-hydrogen) atoms. The molecule has 0 rings (SSSR count). The number of halogens is 1. The van der Waals surface area contributed by atoms with Crippen LogP contribution in [0, 0.1) is 5.41 Å². The van der Waals surface area contributed by atoms with Crippen molar-refractivity contribution in [2.75, 3.05) is 4.43 Å². The first kappa shape index (κ1) is 6.87. The number of carbonyl (C=O) groups is 1. The maximum Gasteiger partial charge on any atom is 0.350 e. The summed E-state index contributed by atoms with van der Waals surface area (Å²) in [6.45, 7) is 0. The second-order valence-corrected chi connectivity index (χ2v) is 1.68. The normalized spacial score (nSPS) is 8.14. The molecule has 0 atom stereocenters. The SMILES string of the molecule is N=C(CI)C(=O)O. The van der Waals surface area contributed by atoms with Gasteiger partial charge in [-0.1, -0.05) is 22.6 Å². The van der Waals surface area contributed by atoms with Crippen LogP contribution in [-0.4, -0.2) is 21.2 Å². The van der Waals surface area contributed by atoms with E-state index in [4.69, 9.17) is 10.5 Å². The third kappa shape index (κ3) is 2.55. The van der Waals surface area contributed by atoms with Gasteiger partial charge in [-0.3, -0.25) is 5.41 Å². The topological polar surface area (TPSA) is 61.2 Å². The summed E-state index contributed by atoms with van der Waals surface area (Å²) < 4.78 is 0.271. The van der Waals surface area contributed by atoms with Crippen molar-refractivity contribution >= 4 is 34.3 Å². The molecule has 0 saturated carbocycles. The molecule has 0 bridgehead atoms. The van der Waals surface area contributed by atoms with Gasteiger partial charge in [-0.15, -0.1) is 0 Å². The molecular formula is C3H4INO2. The van der Waals surface area contributed by atoms with Crippen LogP contribution >= 0.6 is 22.6 Å². The predicted octanol–water partition coefficient (Wildman–Crippen LogP) is 0.526. The van der Waals surface area contributed by atoms with Crippen LogP contribution in [0.15, 0.2) is 0 Å². The van der Waals surface area contributed by atoms with E-state index in [0.29, 0.717) is 0 Å². The Labute approximate surface area is 54.4 Å². The number of aliphatic carboxylic acids is 1. The molecule has 0 unspecified atom stereocenters. The van der Waals surface area contributed by atoms with Crippen molar-refractivity contribution in [1.29, 1.82) is 5.41 Å². The number of hydrogen-bond acceptors (Lipinski definition) is 2. The van der Waals surface area contributed by atoms with E-state index in [-0.39, 0.29) is 10.1 Å². The zero-order valence-electron chi connectivity index (χ0n) is 3.44. The Balaban J connectivity index is 3.58. The van der Waals surface area contributed by atoms with Gasteiger partial charge >= 0.3 is 5.97 Å². The summed E-state index contributed by atoms with van der Waals surface area (Å²) in [7, 11) is 0. The van der Waals surface area contributed by atoms with Crippen LogP contribution < -0.4 is 0 Å². The molecule has 0 saturated heterocycles. The summed E-state index contributed by atoms with van der Waals surface area (Å²) >= 11 is 1.82. The summed E-state index contributed by atoms with van der Waals surface area (Å²) in [6, 6.07) is 0. The molecule has 0 fully saturated rings. The van der Waals surface area contributed by atoms with Crippen LogP contribution in [0.1, 0.15) is 0 Å². The van der Waals surface area contributed by atoms with Crippen LogP contribution in [0.4, 0.5) is 0 Å². The van der Waals surface area contributed by atoms with Crippen LogP contribution in [0.2, 0.25) is 0 Å². The maximum atomic E-state index is 9.70. The Bertz CT molecular complexity index is 101. The number of nitrogens with one attached hydrogen (secondary N) is 1. The lowest BCUT2D eigenvalue weighted by Gasteiger charge is -1.84. The van der Waals surface area contributed by atoms with Gasteiger partial charge in [-0.05, 0) is 0 Å². The maximum absolute atomic E-state index is 9.70. The number of hydrogen-bond donors (Lipinski definition) is 2. The first-order valence-electron chi connectivity index (χ1n) is 1.55. The second kappa shape index (κ2) is 2.95. The molecule has 0 spiro atoms. The minimum atomic E-state index is -1.13. The first-order chi connectivity index (χ1) is 3.18. The van der Waals surface area contributed by atoms with Gasteiger partial charge in [-0.25, -0.2) is 4.79 Å². The molecule has 0 heterocycles. The van der Waals surface area contributed by atoms with Gasteiger partial charge in [-0.2, -0.15) is 0 Å². The van der Waals surface area contributed by atoms with Gasteiger partial charge in [0.25, 0.3) is 0 Å². The highest BCUT2D eigenvalue weighted by Gasteiger charge is 2.00. The minimum absolute atomic E-state index is 0.249. The van der Waals surface area contributed by atoms with Gasteiger partial charge in [0.2, 0.25) is 0 Å². The summed E-state index contributed by atoms with van der Waals surface area (Å²) in [5.74, 6) is -1.13. The fourth-order valence-electron chi connectivity index (χ4n) is 0.0572. The molecule has 4 heteroatoms. The zero-order chi connectivity index (χ0) is 5.86. The fourth-order valence-corrected chi connectivity index (χ4v) is 0.383. The van der Waals surface area contributed by atoms with Crippen LogP contribution in [0.5, 0.6) is 0 Å². The van der Waals surface area contributed by atoms with E-state index in [1.54, 1.807) is 0 Å². The average Bonchev–Trinajstić information content (AvgIpc) is 1.65. The summed E-state index contributed by atoms with van der Waals surface area (Å²) in [6.07, 6.45) is 0. The highest BCUT2D eigenvalue weighted by molar-refractivity contribution is 14.1. The average molecular weight is 213 g/mol. The first-order valence-corrected chi connectivity index (χ1v) is 3.07. The van der Waals surface area contributed by atoms with Crippen molar-refractivity contribution in [1.82, 2.24) is 0 Å². The molecule has 40 valence electrons. The molecule has 0 aromatic carbocycles. The van der Waals surface area contributed by atoms with Crippen molar-refractivity contribution in [2.45, 2.75) is 0 Å². The lowest BCUT2D eigenvalue weighted by Crippen LogP contribution is -2.11. The van der Waals surface area contributed by atoms with Gasteiger partial charge in [0.1, 0.15) is 5.71 Å². The molecule has 0 aliphatic carbocycles. The lowest BCUT2D eigenvalue weighted by atomic mass is 10.5. The van der Waals surface area contributed by atoms with Crippen molar-refractivity contribution in [3.8, 4) is 0 Å². The summed E-state index contributed by atoms with van der Waals surface area (Å²) in [5, 5.41) is 14.5. The third-order valence-electron chi connectivity index (χ3n) is 0.392. The van der Waals surface area contributed by atoms with Crippen LogP contribution in [-0.2, 0) is 4.79 Å². The standard InChI is InChI=1S/C3H4INO2/c4-1-2(5)3(6)7/h5H,1H2,(H,6,7). The van der Waals surface area contributed by atoms with Crippen LogP contribution in [0.3, 0.4) is 0 Å². The number of rotatable bonds is 2. The Morgan fingerprint density at radius 2 is 2.29 bits per heavy atom. The largest absolute Gasteiger partial charge is 0.477 e. The minimum Gasteiger partial charge on any atom is -0.477 e. The van der Waals surface area contributed by atoms with E-state index < -0.39 is 5.97 Å². The molecule has 0 aromatic rings. The summed E-state index contributed by atoms with van der Waals surface area (Å²) in [5.41, 5.74) is -0.249. The highest BCUT2D eigenvalue weighted by atomic mass is 127. The number of alkyl halides is 1. The molecule has 2 N–H and O–H groups in total. The van der Waals surface area contributed by atoms with Crippen molar-refractivity contribution < 1.29 is 9.90 Å². The molecule has 0 aliphatic heterocycles. The van der Waals surface area contributed by atoms with Gasteiger partial charge in [0, 0.05) is 4.43 Å². The lowest BCUT2D eigenvalue weighted by molar-refractivity contribution is -0.129. The predicted molar refractivity (Wildman–Crippen MR) is 34.2 cm³/mol. The van der Waals surface area contributed by atoms with Gasteiger partial charge < -0.3 is 5.11 Å². The third-order valence-corrected chi connectivity index (χ3v) is 1.15. The second-order valence-electron chi connectivity index (χ2n) is 0.917. The van der Waals surface area contributed by atoms with E-state index in [0.717, 1.165) is 0 Å². The van der Waals surface area contributed by atoms with E-state index in [9.17, 15) is 4.79 Å². The smallest absolute Gasteiger partial charge is 0.350 e. The van der Waals surface area contributed by atoms with E-state index >= 15 is 0 Å². The Hall–Kier alpha value is -0.130. The molecule has 0 radical (unpaired) electrons. The van der Waals surface area contributed by atoms with Crippen molar-refractivity contribution in [3.63, 3.8) is 0 Å². The molecule has 0 aromatic heterocycles. The monoisotopic (exact) mass is 213 g/mol. The van der Waals surface area contributed by atoms with E-state index in [1.807, 2.05) is 22.6 Å². The zero-order valence-corrected chi connectivity index (χ0v) is 5.60. The van der Waals surface area contributed by atoms with Gasteiger partial charge in [0.15, 0.2) is 0 Å². The highest BCUT2D eigenvalue weighted by Crippen LogP contribution is 1.82.